The zero-order valence-corrected chi connectivity index (χ0v) is 10.4. The Morgan fingerprint density at radius 1 is 1.08 bits per heavy atom. The Hall–Kier alpha value is 0.660. The van der Waals surface area contributed by atoms with Crippen molar-refractivity contribution in [2.24, 2.45) is 0 Å². The Bertz CT molecular complexity index is 104. The summed E-state index contributed by atoms with van der Waals surface area (Å²) < 4.78 is 0. The van der Waals surface area contributed by atoms with E-state index in [-0.39, 0.29) is 5.54 Å². The van der Waals surface area contributed by atoms with Crippen LogP contribution in [0.1, 0.15) is 20.8 Å². The average molecular weight is 207 g/mol. The summed E-state index contributed by atoms with van der Waals surface area (Å²) in [6.45, 7) is 6.67. The van der Waals surface area contributed by atoms with Crippen molar-refractivity contribution in [3.05, 3.63) is 0 Å². The highest BCUT2D eigenvalue weighted by Gasteiger charge is 2.15. The van der Waals surface area contributed by atoms with E-state index in [1.54, 1.807) is 0 Å². The molecule has 0 aliphatic heterocycles. The molecule has 0 heterocycles. The van der Waals surface area contributed by atoms with Gasteiger partial charge in [-0.05, 0) is 33.3 Å². The van der Waals surface area contributed by atoms with Gasteiger partial charge in [-0.1, -0.05) is 0 Å². The SMILES string of the molecule is CSCC(CSC)NC(C)(C)C. The van der Waals surface area contributed by atoms with Crippen LogP contribution in [0.3, 0.4) is 0 Å². The van der Waals surface area contributed by atoms with E-state index in [4.69, 9.17) is 0 Å². The van der Waals surface area contributed by atoms with Gasteiger partial charge in [0.2, 0.25) is 0 Å². The minimum atomic E-state index is 0.246. The van der Waals surface area contributed by atoms with Crippen LogP contribution in [0.2, 0.25) is 0 Å². The van der Waals surface area contributed by atoms with Gasteiger partial charge in [0.05, 0.1) is 0 Å². The largest absolute Gasteiger partial charge is 0.308 e. The van der Waals surface area contributed by atoms with Gasteiger partial charge in [0.25, 0.3) is 0 Å². The van der Waals surface area contributed by atoms with E-state index in [2.05, 4.69) is 38.6 Å². The van der Waals surface area contributed by atoms with E-state index in [1.807, 2.05) is 23.5 Å². The first-order valence-corrected chi connectivity index (χ1v) is 7.04. The van der Waals surface area contributed by atoms with Crippen LogP contribution < -0.4 is 5.32 Å². The van der Waals surface area contributed by atoms with Gasteiger partial charge in [0.15, 0.2) is 0 Å². The minimum absolute atomic E-state index is 0.246. The molecule has 0 radical (unpaired) electrons. The molecular formula is C9H21NS2. The summed E-state index contributed by atoms with van der Waals surface area (Å²) in [7, 11) is 0. The highest BCUT2D eigenvalue weighted by Crippen LogP contribution is 2.08. The molecule has 0 fully saturated rings. The number of thioether (sulfide) groups is 2. The molecule has 0 aromatic rings. The van der Waals surface area contributed by atoms with Crippen LogP contribution in [0.4, 0.5) is 0 Å². The van der Waals surface area contributed by atoms with Gasteiger partial charge in [0, 0.05) is 23.1 Å². The van der Waals surface area contributed by atoms with Crippen molar-refractivity contribution in [2.45, 2.75) is 32.4 Å². The molecule has 0 saturated carbocycles. The van der Waals surface area contributed by atoms with Gasteiger partial charge in [-0.2, -0.15) is 23.5 Å². The van der Waals surface area contributed by atoms with E-state index in [0.717, 1.165) is 0 Å². The van der Waals surface area contributed by atoms with Crippen molar-refractivity contribution in [1.82, 2.24) is 5.32 Å². The molecule has 0 aliphatic carbocycles. The molecule has 74 valence electrons. The summed E-state index contributed by atoms with van der Waals surface area (Å²) in [4.78, 5) is 0. The summed E-state index contributed by atoms with van der Waals surface area (Å²) in [5.41, 5.74) is 0.246. The lowest BCUT2D eigenvalue weighted by Gasteiger charge is -2.27. The molecule has 0 aliphatic rings. The monoisotopic (exact) mass is 207 g/mol. The molecule has 0 amide bonds. The topological polar surface area (TPSA) is 12.0 Å². The van der Waals surface area contributed by atoms with Crippen LogP contribution in [0, 0.1) is 0 Å². The summed E-state index contributed by atoms with van der Waals surface area (Å²) >= 11 is 3.83. The first-order chi connectivity index (χ1) is 5.49. The van der Waals surface area contributed by atoms with Gasteiger partial charge >= 0.3 is 0 Å². The molecule has 1 N–H and O–H groups in total. The molecule has 0 spiro atoms. The Kier molecular flexibility index (Phi) is 6.50. The molecule has 1 nitrogen and oxygen atoms in total. The molecule has 0 saturated heterocycles. The molecule has 0 atom stereocenters. The molecule has 12 heavy (non-hydrogen) atoms. The molecule has 0 bridgehead atoms. The second kappa shape index (κ2) is 6.17. The van der Waals surface area contributed by atoms with Crippen molar-refractivity contribution < 1.29 is 0 Å². The van der Waals surface area contributed by atoms with Crippen molar-refractivity contribution >= 4 is 23.5 Å². The van der Waals surface area contributed by atoms with Crippen LogP contribution in [0.15, 0.2) is 0 Å². The molecule has 0 aromatic heterocycles. The second-order valence-corrected chi connectivity index (χ2v) is 5.82. The fourth-order valence-electron chi connectivity index (χ4n) is 1.15. The van der Waals surface area contributed by atoms with Gasteiger partial charge < -0.3 is 5.32 Å². The van der Waals surface area contributed by atoms with Crippen LogP contribution in [0.25, 0.3) is 0 Å². The third-order valence-electron chi connectivity index (χ3n) is 1.37. The molecule has 0 rings (SSSR count). The summed E-state index contributed by atoms with van der Waals surface area (Å²) in [5.74, 6) is 2.41. The van der Waals surface area contributed by atoms with Gasteiger partial charge in [-0.15, -0.1) is 0 Å². The zero-order chi connectivity index (χ0) is 9.61. The number of hydrogen-bond acceptors (Lipinski definition) is 3. The maximum absolute atomic E-state index is 3.62. The lowest BCUT2D eigenvalue weighted by Crippen LogP contribution is -2.46. The van der Waals surface area contributed by atoms with Crippen molar-refractivity contribution in [2.75, 3.05) is 24.0 Å². The first kappa shape index (κ1) is 12.7. The maximum Gasteiger partial charge on any atom is 0.0253 e. The predicted molar refractivity (Wildman–Crippen MR) is 63.4 cm³/mol. The van der Waals surface area contributed by atoms with E-state index in [9.17, 15) is 0 Å². The van der Waals surface area contributed by atoms with Crippen LogP contribution in [-0.4, -0.2) is 35.6 Å². The van der Waals surface area contributed by atoms with Crippen LogP contribution in [0.5, 0.6) is 0 Å². The quantitative estimate of drug-likeness (QED) is 0.744. The lowest BCUT2D eigenvalue weighted by molar-refractivity contribution is 0.392. The van der Waals surface area contributed by atoms with Crippen molar-refractivity contribution in [1.29, 1.82) is 0 Å². The lowest BCUT2D eigenvalue weighted by atomic mass is 10.1. The van der Waals surface area contributed by atoms with Crippen molar-refractivity contribution in [3.8, 4) is 0 Å². The molecule has 0 aromatic carbocycles. The highest BCUT2D eigenvalue weighted by molar-refractivity contribution is 7.99. The van der Waals surface area contributed by atoms with Gasteiger partial charge in [-0.3, -0.25) is 0 Å². The van der Waals surface area contributed by atoms with Gasteiger partial charge in [0.1, 0.15) is 0 Å². The fraction of sp³-hybridized carbons (Fsp3) is 1.00. The van der Waals surface area contributed by atoms with E-state index >= 15 is 0 Å². The third-order valence-corrected chi connectivity index (χ3v) is 2.84. The normalized spacial score (nSPS) is 12.5. The summed E-state index contributed by atoms with van der Waals surface area (Å²) in [6.07, 6.45) is 4.33. The third kappa shape index (κ3) is 7.32. The fourth-order valence-corrected chi connectivity index (χ4v) is 2.50. The average Bonchev–Trinajstić information content (AvgIpc) is 1.84. The zero-order valence-electron chi connectivity index (χ0n) is 8.81. The Balaban J connectivity index is 3.77. The number of rotatable bonds is 5. The summed E-state index contributed by atoms with van der Waals surface area (Å²) in [6, 6.07) is 0.648. The van der Waals surface area contributed by atoms with E-state index in [1.165, 1.54) is 11.5 Å². The van der Waals surface area contributed by atoms with Crippen molar-refractivity contribution in [3.63, 3.8) is 0 Å². The smallest absolute Gasteiger partial charge is 0.0253 e. The second-order valence-electron chi connectivity index (χ2n) is 4.00. The number of hydrogen-bond donors (Lipinski definition) is 1. The highest BCUT2D eigenvalue weighted by atomic mass is 32.2. The van der Waals surface area contributed by atoms with Gasteiger partial charge in [-0.25, -0.2) is 0 Å². The standard InChI is InChI=1S/C9H21NS2/c1-9(2,3)10-8(6-11-4)7-12-5/h8,10H,6-7H2,1-5H3. The Morgan fingerprint density at radius 2 is 1.50 bits per heavy atom. The molecular weight excluding hydrogens is 186 g/mol. The Morgan fingerprint density at radius 3 is 1.75 bits per heavy atom. The minimum Gasteiger partial charge on any atom is -0.308 e. The molecule has 3 heteroatoms. The van der Waals surface area contributed by atoms with Crippen LogP contribution in [-0.2, 0) is 0 Å². The predicted octanol–water partition coefficient (Wildman–Crippen LogP) is 2.47. The van der Waals surface area contributed by atoms with E-state index < -0.39 is 0 Å². The summed E-state index contributed by atoms with van der Waals surface area (Å²) in [5, 5.41) is 3.62. The first-order valence-electron chi connectivity index (χ1n) is 4.25. The number of nitrogens with one attached hydrogen (secondary N) is 1. The van der Waals surface area contributed by atoms with E-state index in [0.29, 0.717) is 6.04 Å². The molecule has 0 unspecified atom stereocenters. The van der Waals surface area contributed by atoms with Crippen LogP contribution >= 0.6 is 23.5 Å². The Labute approximate surface area is 85.5 Å². The maximum atomic E-state index is 3.62.